The van der Waals surface area contributed by atoms with Crippen molar-refractivity contribution in [1.82, 2.24) is 14.5 Å². The Labute approximate surface area is 176 Å². The highest BCUT2D eigenvalue weighted by Gasteiger charge is 2.26. The van der Waals surface area contributed by atoms with Gasteiger partial charge in [0.25, 0.3) is 5.91 Å². The molecule has 1 fully saturated rings. The van der Waals surface area contributed by atoms with E-state index in [1.165, 1.54) is 40.7 Å². The van der Waals surface area contributed by atoms with Crippen molar-refractivity contribution in [3.8, 4) is 10.6 Å². The van der Waals surface area contributed by atoms with E-state index in [4.69, 9.17) is 4.74 Å². The van der Waals surface area contributed by atoms with Gasteiger partial charge in [-0.2, -0.15) is 4.31 Å². The van der Waals surface area contributed by atoms with Crippen LogP contribution in [0.25, 0.3) is 10.6 Å². The van der Waals surface area contributed by atoms with Crippen LogP contribution in [0.1, 0.15) is 10.4 Å². The first-order valence-corrected chi connectivity index (χ1v) is 11.3. The summed E-state index contributed by atoms with van der Waals surface area (Å²) < 4.78 is 44.9. The summed E-state index contributed by atoms with van der Waals surface area (Å²) in [5, 5.41) is 11.4. The molecule has 1 saturated heterocycles. The zero-order valence-electron chi connectivity index (χ0n) is 15.6. The number of nitrogens with zero attached hydrogens (tertiary/aromatic N) is 3. The number of morpholine rings is 1. The van der Waals surface area contributed by atoms with E-state index in [-0.39, 0.29) is 21.4 Å². The van der Waals surface area contributed by atoms with Crippen molar-refractivity contribution in [2.24, 2.45) is 0 Å². The van der Waals surface area contributed by atoms with Crippen LogP contribution in [0.5, 0.6) is 0 Å². The second-order valence-corrected chi connectivity index (χ2v) is 9.33. The van der Waals surface area contributed by atoms with Gasteiger partial charge in [0.05, 0.1) is 18.1 Å². The Morgan fingerprint density at radius 1 is 1.03 bits per heavy atom. The van der Waals surface area contributed by atoms with Gasteiger partial charge in [-0.05, 0) is 48.5 Å². The minimum Gasteiger partial charge on any atom is -0.379 e. The van der Waals surface area contributed by atoms with Crippen molar-refractivity contribution in [1.29, 1.82) is 0 Å². The number of amides is 1. The Bertz CT molecular complexity index is 1140. The van der Waals surface area contributed by atoms with Gasteiger partial charge in [-0.3, -0.25) is 10.1 Å². The van der Waals surface area contributed by atoms with E-state index in [2.05, 4.69) is 15.5 Å². The van der Waals surface area contributed by atoms with Gasteiger partial charge in [-0.25, -0.2) is 12.8 Å². The third-order valence-electron chi connectivity index (χ3n) is 4.46. The summed E-state index contributed by atoms with van der Waals surface area (Å²) >= 11 is 1.15. The lowest BCUT2D eigenvalue weighted by atomic mass is 10.2. The standard InChI is InChI=1S/C19H17FN4O4S2/c20-15-5-1-14(2-6-15)18-22-23-19(29-18)21-17(25)13-3-7-16(8-4-13)30(26,27)24-9-11-28-12-10-24/h1-8H,9-12H2,(H,21,23,25). The number of ether oxygens (including phenoxy) is 1. The molecule has 0 unspecified atom stereocenters. The van der Waals surface area contributed by atoms with E-state index in [0.29, 0.717) is 36.9 Å². The average molecular weight is 449 g/mol. The van der Waals surface area contributed by atoms with Crippen molar-refractivity contribution in [2.45, 2.75) is 4.90 Å². The van der Waals surface area contributed by atoms with Gasteiger partial charge >= 0.3 is 0 Å². The quantitative estimate of drug-likeness (QED) is 0.644. The molecule has 2 heterocycles. The first-order chi connectivity index (χ1) is 14.4. The number of hydrogen-bond acceptors (Lipinski definition) is 7. The highest BCUT2D eigenvalue weighted by atomic mass is 32.2. The third kappa shape index (κ3) is 4.38. The van der Waals surface area contributed by atoms with Crippen LogP contribution in [0.15, 0.2) is 53.4 Å². The van der Waals surface area contributed by atoms with Crippen molar-refractivity contribution in [3.63, 3.8) is 0 Å². The Morgan fingerprint density at radius 2 is 1.70 bits per heavy atom. The smallest absolute Gasteiger partial charge is 0.257 e. The second kappa shape index (κ2) is 8.56. The lowest BCUT2D eigenvalue weighted by Gasteiger charge is -2.26. The lowest BCUT2D eigenvalue weighted by Crippen LogP contribution is -2.40. The zero-order valence-corrected chi connectivity index (χ0v) is 17.2. The summed E-state index contributed by atoms with van der Waals surface area (Å²) in [6.45, 7) is 1.33. The van der Waals surface area contributed by atoms with Crippen LogP contribution < -0.4 is 5.32 Å². The number of nitrogens with one attached hydrogen (secondary N) is 1. The topological polar surface area (TPSA) is 101 Å². The molecule has 3 aromatic rings. The molecule has 1 aromatic heterocycles. The normalized spacial score (nSPS) is 15.1. The number of sulfonamides is 1. The molecule has 11 heteroatoms. The number of carbonyl (C=O) groups is 1. The van der Waals surface area contributed by atoms with Crippen LogP contribution in [0, 0.1) is 5.82 Å². The van der Waals surface area contributed by atoms with Gasteiger partial charge in [-0.1, -0.05) is 11.3 Å². The van der Waals surface area contributed by atoms with Crippen molar-refractivity contribution in [2.75, 3.05) is 31.6 Å². The van der Waals surface area contributed by atoms with Crippen molar-refractivity contribution in [3.05, 3.63) is 59.9 Å². The Kier molecular flexibility index (Phi) is 5.86. The number of hydrogen-bond donors (Lipinski definition) is 1. The highest BCUT2D eigenvalue weighted by molar-refractivity contribution is 7.89. The number of anilines is 1. The molecule has 1 aliphatic rings. The van der Waals surface area contributed by atoms with E-state index in [1.807, 2.05) is 0 Å². The van der Waals surface area contributed by atoms with Crippen LogP contribution in [-0.4, -0.2) is 55.1 Å². The Balaban J connectivity index is 1.45. The molecule has 0 aliphatic carbocycles. The monoisotopic (exact) mass is 448 g/mol. The molecule has 0 saturated carbocycles. The summed E-state index contributed by atoms with van der Waals surface area (Å²) in [5.74, 6) is -0.789. The SMILES string of the molecule is O=C(Nc1nnc(-c2ccc(F)cc2)s1)c1ccc(S(=O)(=O)N2CCOCC2)cc1. The fourth-order valence-electron chi connectivity index (χ4n) is 2.87. The molecular weight excluding hydrogens is 431 g/mol. The molecule has 0 spiro atoms. The molecule has 1 amide bonds. The summed E-state index contributed by atoms with van der Waals surface area (Å²) in [4.78, 5) is 12.6. The minimum atomic E-state index is -3.62. The van der Waals surface area contributed by atoms with Crippen LogP contribution in [-0.2, 0) is 14.8 Å². The molecular formula is C19H17FN4O4S2. The summed E-state index contributed by atoms with van der Waals surface area (Å²) in [6, 6.07) is 11.5. The van der Waals surface area contributed by atoms with Gasteiger partial charge in [0, 0.05) is 24.2 Å². The predicted octanol–water partition coefficient (Wildman–Crippen LogP) is 2.62. The number of rotatable bonds is 5. The number of benzene rings is 2. The number of aromatic nitrogens is 2. The third-order valence-corrected chi connectivity index (χ3v) is 7.26. The van der Waals surface area contributed by atoms with E-state index in [1.54, 1.807) is 12.1 Å². The molecule has 0 radical (unpaired) electrons. The van der Waals surface area contributed by atoms with E-state index in [9.17, 15) is 17.6 Å². The van der Waals surface area contributed by atoms with Gasteiger partial charge in [-0.15, -0.1) is 10.2 Å². The largest absolute Gasteiger partial charge is 0.379 e. The number of halogens is 1. The molecule has 0 atom stereocenters. The molecule has 1 N–H and O–H groups in total. The molecule has 8 nitrogen and oxygen atoms in total. The first-order valence-electron chi connectivity index (χ1n) is 9.02. The maximum Gasteiger partial charge on any atom is 0.257 e. The maximum absolute atomic E-state index is 13.0. The predicted molar refractivity (Wildman–Crippen MR) is 109 cm³/mol. The van der Waals surface area contributed by atoms with Gasteiger partial charge in [0.2, 0.25) is 15.2 Å². The minimum absolute atomic E-state index is 0.121. The molecule has 30 heavy (non-hydrogen) atoms. The highest BCUT2D eigenvalue weighted by Crippen LogP contribution is 2.27. The van der Waals surface area contributed by atoms with Gasteiger partial charge in [0.15, 0.2) is 0 Å². The first kappa shape index (κ1) is 20.5. The molecule has 2 aromatic carbocycles. The van der Waals surface area contributed by atoms with Crippen molar-refractivity contribution >= 4 is 32.4 Å². The Hall–Kier alpha value is -2.73. The van der Waals surface area contributed by atoms with E-state index in [0.717, 1.165) is 11.3 Å². The molecule has 0 bridgehead atoms. The molecule has 4 rings (SSSR count). The lowest BCUT2D eigenvalue weighted by molar-refractivity contribution is 0.0730. The van der Waals surface area contributed by atoms with Crippen LogP contribution in [0.2, 0.25) is 0 Å². The fraction of sp³-hybridized carbons (Fsp3) is 0.211. The van der Waals surface area contributed by atoms with Crippen LogP contribution >= 0.6 is 11.3 Å². The van der Waals surface area contributed by atoms with Gasteiger partial charge < -0.3 is 4.74 Å². The average Bonchev–Trinajstić information content (AvgIpc) is 3.23. The van der Waals surface area contributed by atoms with Crippen LogP contribution in [0.3, 0.4) is 0 Å². The Morgan fingerprint density at radius 3 is 2.37 bits per heavy atom. The molecule has 156 valence electrons. The summed E-state index contributed by atoms with van der Waals surface area (Å²) in [5.41, 5.74) is 0.974. The summed E-state index contributed by atoms with van der Waals surface area (Å²) in [6.07, 6.45) is 0. The fourth-order valence-corrected chi connectivity index (χ4v) is 5.02. The van der Waals surface area contributed by atoms with E-state index < -0.39 is 15.9 Å². The second-order valence-electron chi connectivity index (χ2n) is 6.41. The summed E-state index contributed by atoms with van der Waals surface area (Å²) in [7, 11) is -3.62. The van der Waals surface area contributed by atoms with E-state index >= 15 is 0 Å². The zero-order chi connectivity index (χ0) is 21.1. The van der Waals surface area contributed by atoms with Crippen molar-refractivity contribution < 1.29 is 22.3 Å². The molecule has 1 aliphatic heterocycles. The van der Waals surface area contributed by atoms with Gasteiger partial charge in [0.1, 0.15) is 10.8 Å². The number of carbonyl (C=O) groups excluding carboxylic acids is 1. The maximum atomic E-state index is 13.0. The van der Waals surface area contributed by atoms with Crippen LogP contribution in [0.4, 0.5) is 9.52 Å².